The van der Waals surface area contributed by atoms with Gasteiger partial charge in [-0.25, -0.2) is 9.78 Å². The van der Waals surface area contributed by atoms with E-state index in [1.807, 2.05) is 0 Å². The predicted octanol–water partition coefficient (Wildman–Crippen LogP) is 2.58. The van der Waals surface area contributed by atoms with Gasteiger partial charge in [-0.3, -0.25) is 0 Å². The van der Waals surface area contributed by atoms with Crippen LogP contribution < -0.4 is 9.47 Å². The average molecular weight is 245 g/mol. The number of benzene rings is 1. The molecule has 0 amide bonds. The summed E-state index contributed by atoms with van der Waals surface area (Å²) in [5.41, 5.74) is 0.204. The van der Waals surface area contributed by atoms with Gasteiger partial charge >= 0.3 is 5.97 Å². The number of hydrogen-bond acceptors (Lipinski definition) is 4. The topological polar surface area (TPSA) is 68.7 Å². The summed E-state index contributed by atoms with van der Waals surface area (Å²) in [5, 5.41) is 8.77. The molecule has 2 aromatic rings. The minimum absolute atomic E-state index is 0.204. The van der Waals surface area contributed by atoms with Gasteiger partial charge in [0.1, 0.15) is 5.75 Å². The van der Waals surface area contributed by atoms with Gasteiger partial charge in [0.05, 0.1) is 12.7 Å². The van der Waals surface area contributed by atoms with Gasteiger partial charge in [-0.1, -0.05) is 0 Å². The van der Waals surface area contributed by atoms with Crippen molar-refractivity contribution in [2.24, 2.45) is 0 Å². The Balaban J connectivity index is 2.21. The summed E-state index contributed by atoms with van der Waals surface area (Å²) in [6.07, 6.45) is 1.59. The van der Waals surface area contributed by atoms with E-state index < -0.39 is 5.97 Å². The third-order valence-electron chi connectivity index (χ3n) is 2.27. The molecule has 1 aromatic carbocycles. The zero-order valence-electron chi connectivity index (χ0n) is 9.66. The summed E-state index contributed by atoms with van der Waals surface area (Å²) in [6.45, 7) is 0. The maximum absolute atomic E-state index is 10.7. The Bertz CT molecular complexity index is 551. The van der Waals surface area contributed by atoms with Crippen molar-refractivity contribution in [3.8, 4) is 17.4 Å². The lowest BCUT2D eigenvalue weighted by Crippen LogP contribution is -1.96. The standard InChI is InChI=1S/C13H11NO4/c1-17-11-3-2-8-14-12(11)18-10-6-4-9(5-7-10)13(15)16/h2-8H,1H3,(H,15,16). The summed E-state index contributed by atoms with van der Waals surface area (Å²) in [7, 11) is 1.53. The predicted molar refractivity (Wildman–Crippen MR) is 64.3 cm³/mol. The summed E-state index contributed by atoms with van der Waals surface area (Å²) in [6, 6.07) is 9.53. The van der Waals surface area contributed by atoms with Crippen molar-refractivity contribution < 1.29 is 19.4 Å². The Labute approximate surface area is 104 Å². The molecule has 0 fully saturated rings. The van der Waals surface area contributed by atoms with Gasteiger partial charge in [-0.15, -0.1) is 0 Å². The van der Waals surface area contributed by atoms with Crippen molar-refractivity contribution in [2.75, 3.05) is 7.11 Å². The van der Waals surface area contributed by atoms with E-state index in [1.165, 1.54) is 19.2 Å². The minimum Gasteiger partial charge on any atom is -0.491 e. The van der Waals surface area contributed by atoms with E-state index in [2.05, 4.69) is 4.98 Å². The molecule has 0 aliphatic rings. The molecule has 0 bridgehead atoms. The Morgan fingerprint density at radius 2 is 1.94 bits per heavy atom. The van der Waals surface area contributed by atoms with Crippen molar-refractivity contribution >= 4 is 5.97 Å². The van der Waals surface area contributed by atoms with E-state index in [0.717, 1.165) is 0 Å². The Morgan fingerprint density at radius 1 is 1.22 bits per heavy atom. The normalized spacial score (nSPS) is 9.83. The highest BCUT2D eigenvalue weighted by Crippen LogP contribution is 2.28. The van der Waals surface area contributed by atoms with Crippen LogP contribution in [0.25, 0.3) is 0 Å². The summed E-state index contributed by atoms with van der Waals surface area (Å²) in [5.74, 6) is 0.372. The van der Waals surface area contributed by atoms with Crippen molar-refractivity contribution in [3.63, 3.8) is 0 Å². The van der Waals surface area contributed by atoms with Crippen LogP contribution >= 0.6 is 0 Å². The maximum atomic E-state index is 10.7. The number of aromatic carboxylic acids is 1. The fourth-order valence-electron chi connectivity index (χ4n) is 1.39. The third kappa shape index (κ3) is 2.57. The Hall–Kier alpha value is -2.56. The van der Waals surface area contributed by atoms with E-state index in [-0.39, 0.29) is 5.56 Å². The molecule has 1 heterocycles. The number of carbonyl (C=O) groups is 1. The van der Waals surface area contributed by atoms with Crippen molar-refractivity contribution in [1.29, 1.82) is 0 Å². The van der Waals surface area contributed by atoms with Crippen LogP contribution in [0.2, 0.25) is 0 Å². The molecular formula is C13H11NO4. The molecule has 0 saturated carbocycles. The molecule has 5 heteroatoms. The van der Waals surface area contributed by atoms with Crippen LogP contribution in [-0.2, 0) is 0 Å². The van der Waals surface area contributed by atoms with Crippen molar-refractivity contribution in [3.05, 3.63) is 48.2 Å². The summed E-state index contributed by atoms with van der Waals surface area (Å²) >= 11 is 0. The molecule has 1 N–H and O–H groups in total. The van der Waals surface area contributed by atoms with Crippen LogP contribution in [0, 0.1) is 0 Å². The highest BCUT2D eigenvalue weighted by atomic mass is 16.5. The first-order chi connectivity index (χ1) is 8.70. The van der Waals surface area contributed by atoms with Crippen molar-refractivity contribution in [2.45, 2.75) is 0 Å². The number of nitrogens with zero attached hydrogens (tertiary/aromatic N) is 1. The molecular weight excluding hydrogens is 234 g/mol. The molecule has 0 radical (unpaired) electrons. The van der Waals surface area contributed by atoms with Gasteiger partial charge in [0.25, 0.3) is 5.88 Å². The minimum atomic E-state index is -0.975. The summed E-state index contributed by atoms with van der Waals surface area (Å²) in [4.78, 5) is 14.7. The van der Waals surface area contributed by atoms with Crippen LogP contribution in [0.5, 0.6) is 17.4 Å². The van der Waals surface area contributed by atoms with Crippen LogP contribution in [0.4, 0.5) is 0 Å². The molecule has 0 aliphatic carbocycles. The Kier molecular flexibility index (Phi) is 3.43. The fourth-order valence-corrected chi connectivity index (χ4v) is 1.39. The molecule has 0 aliphatic heterocycles. The maximum Gasteiger partial charge on any atom is 0.335 e. The largest absolute Gasteiger partial charge is 0.491 e. The number of aromatic nitrogens is 1. The molecule has 18 heavy (non-hydrogen) atoms. The smallest absolute Gasteiger partial charge is 0.335 e. The Morgan fingerprint density at radius 3 is 2.56 bits per heavy atom. The zero-order chi connectivity index (χ0) is 13.0. The number of rotatable bonds is 4. The zero-order valence-corrected chi connectivity index (χ0v) is 9.66. The first-order valence-electron chi connectivity index (χ1n) is 5.21. The van der Waals surface area contributed by atoms with E-state index >= 15 is 0 Å². The van der Waals surface area contributed by atoms with Gasteiger partial charge in [0.15, 0.2) is 5.75 Å². The van der Waals surface area contributed by atoms with Gasteiger partial charge in [0.2, 0.25) is 0 Å². The number of hydrogen-bond donors (Lipinski definition) is 1. The van der Waals surface area contributed by atoms with Gasteiger partial charge < -0.3 is 14.6 Å². The molecule has 0 saturated heterocycles. The van der Waals surface area contributed by atoms with E-state index in [1.54, 1.807) is 30.5 Å². The molecule has 1 aromatic heterocycles. The molecule has 0 unspecified atom stereocenters. The van der Waals surface area contributed by atoms with E-state index in [9.17, 15) is 4.79 Å². The second-order valence-corrected chi connectivity index (χ2v) is 3.44. The second kappa shape index (κ2) is 5.18. The highest BCUT2D eigenvalue weighted by Gasteiger charge is 2.07. The van der Waals surface area contributed by atoms with Crippen LogP contribution in [0.1, 0.15) is 10.4 Å². The molecule has 0 atom stereocenters. The van der Waals surface area contributed by atoms with Gasteiger partial charge in [-0.2, -0.15) is 0 Å². The third-order valence-corrected chi connectivity index (χ3v) is 2.27. The quantitative estimate of drug-likeness (QED) is 0.896. The van der Waals surface area contributed by atoms with Gasteiger partial charge in [-0.05, 0) is 36.4 Å². The van der Waals surface area contributed by atoms with Crippen molar-refractivity contribution in [1.82, 2.24) is 4.98 Å². The monoisotopic (exact) mass is 245 g/mol. The number of carboxylic acids is 1. The SMILES string of the molecule is COc1cccnc1Oc1ccc(C(=O)O)cc1. The number of pyridine rings is 1. The lowest BCUT2D eigenvalue weighted by Gasteiger charge is -2.08. The van der Waals surface area contributed by atoms with E-state index in [4.69, 9.17) is 14.6 Å². The fraction of sp³-hybridized carbons (Fsp3) is 0.0769. The van der Waals surface area contributed by atoms with Crippen LogP contribution in [-0.4, -0.2) is 23.2 Å². The molecule has 0 spiro atoms. The number of ether oxygens (including phenoxy) is 2. The highest BCUT2D eigenvalue weighted by molar-refractivity contribution is 5.87. The number of methoxy groups -OCH3 is 1. The average Bonchev–Trinajstić information content (AvgIpc) is 2.40. The number of carboxylic acid groups (broad SMARTS) is 1. The van der Waals surface area contributed by atoms with Gasteiger partial charge in [0, 0.05) is 6.20 Å². The second-order valence-electron chi connectivity index (χ2n) is 3.44. The molecule has 92 valence electrons. The lowest BCUT2D eigenvalue weighted by atomic mass is 10.2. The lowest BCUT2D eigenvalue weighted by molar-refractivity contribution is 0.0697. The molecule has 5 nitrogen and oxygen atoms in total. The van der Waals surface area contributed by atoms with Crippen LogP contribution in [0.3, 0.4) is 0 Å². The molecule has 2 rings (SSSR count). The van der Waals surface area contributed by atoms with E-state index in [0.29, 0.717) is 17.4 Å². The first-order valence-corrected chi connectivity index (χ1v) is 5.21. The first kappa shape index (κ1) is 11.9. The summed E-state index contributed by atoms with van der Waals surface area (Å²) < 4.78 is 10.6. The van der Waals surface area contributed by atoms with Crippen LogP contribution in [0.15, 0.2) is 42.6 Å².